The lowest BCUT2D eigenvalue weighted by Gasteiger charge is -2.23. The number of ether oxygens (including phenoxy) is 1. The molecule has 0 aromatic heterocycles. The summed E-state index contributed by atoms with van der Waals surface area (Å²) in [6, 6.07) is -0.637. The lowest BCUT2D eigenvalue weighted by molar-refractivity contribution is -0.162. The summed E-state index contributed by atoms with van der Waals surface area (Å²) in [6.45, 7) is 0.158. The number of esters is 1. The Labute approximate surface area is 50.6 Å². The summed E-state index contributed by atoms with van der Waals surface area (Å²) in [4.78, 5) is 20.0. The van der Waals surface area contributed by atoms with E-state index < -0.39 is 18.1 Å². The molecule has 9 heavy (non-hydrogen) atoms. The molecule has 0 aromatic rings. The third kappa shape index (κ3) is 1.10. The molecule has 1 amide bonds. The van der Waals surface area contributed by atoms with Crippen molar-refractivity contribution in [2.75, 3.05) is 6.61 Å². The van der Waals surface area contributed by atoms with E-state index in [2.05, 4.69) is 4.74 Å². The predicted molar refractivity (Wildman–Crippen MR) is 25.9 cm³/mol. The Kier molecular flexibility index (Phi) is 1.26. The number of rotatable bonds is 1. The summed E-state index contributed by atoms with van der Waals surface area (Å²) < 4.78 is 4.28. The molecular weight excluding hydrogens is 126 g/mol. The van der Waals surface area contributed by atoms with Crippen LogP contribution in [0.4, 0.5) is 4.79 Å². The monoisotopic (exact) mass is 131 g/mol. The number of nitrogens with one attached hydrogen (secondary N) is 1. The number of hydrogen-bond donors (Lipinski definition) is 2. The molecule has 1 fully saturated rings. The molecule has 0 radical (unpaired) electrons. The largest absolute Gasteiger partial charge is 0.465 e. The van der Waals surface area contributed by atoms with Crippen molar-refractivity contribution < 1.29 is 19.4 Å². The van der Waals surface area contributed by atoms with E-state index in [0.717, 1.165) is 0 Å². The normalized spacial score (nSPS) is 24.0. The van der Waals surface area contributed by atoms with E-state index in [1.807, 2.05) is 5.32 Å². The van der Waals surface area contributed by atoms with Gasteiger partial charge in [0, 0.05) is 0 Å². The Morgan fingerprint density at radius 1 is 1.89 bits per heavy atom. The first kappa shape index (κ1) is 5.87. The van der Waals surface area contributed by atoms with Crippen molar-refractivity contribution in [2.24, 2.45) is 0 Å². The van der Waals surface area contributed by atoms with E-state index in [0.29, 0.717) is 0 Å². The standard InChI is InChI=1S/C4H5NO4/c6-3-2(1-9-3)5-4(7)8/h2,5H,1H2,(H,7,8). The summed E-state index contributed by atoms with van der Waals surface area (Å²) >= 11 is 0. The molecule has 0 spiro atoms. The van der Waals surface area contributed by atoms with Crippen LogP contribution in [0.2, 0.25) is 0 Å². The van der Waals surface area contributed by atoms with Crippen molar-refractivity contribution in [2.45, 2.75) is 6.04 Å². The summed E-state index contributed by atoms with van der Waals surface area (Å²) in [5.41, 5.74) is 0. The highest BCUT2D eigenvalue weighted by Gasteiger charge is 2.31. The third-order valence-corrected chi connectivity index (χ3v) is 0.974. The first-order valence-electron chi connectivity index (χ1n) is 2.36. The topological polar surface area (TPSA) is 75.6 Å². The van der Waals surface area contributed by atoms with Gasteiger partial charge in [-0.25, -0.2) is 9.59 Å². The number of amides is 1. The molecule has 1 unspecified atom stereocenters. The van der Waals surface area contributed by atoms with E-state index in [4.69, 9.17) is 5.11 Å². The Bertz CT molecular complexity index is 155. The van der Waals surface area contributed by atoms with Gasteiger partial charge in [-0.2, -0.15) is 0 Å². The fourth-order valence-electron chi connectivity index (χ4n) is 0.484. The molecule has 1 saturated heterocycles. The zero-order chi connectivity index (χ0) is 6.85. The molecule has 5 heteroatoms. The van der Waals surface area contributed by atoms with Crippen molar-refractivity contribution >= 4 is 12.1 Å². The van der Waals surface area contributed by atoms with Crippen LogP contribution in [-0.4, -0.2) is 29.8 Å². The van der Waals surface area contributed by atoms with E-state index >= 15 is 0 Å². The van der Waals surface area contributed by atoms with Crippen LogP contribution in [0.25, 0.3) is 0 Å². The zero-order valence-corrected chi connectivity index (χ0v) is 4.46. The lowest BCUT2D eigenvalue weighted by atomic mass is 10.2. The Hall–Kier alpha value is -1.26. The van der Waals surface area contributed by atoms with Crippen molar-refractivity contribution in [3.8, 4) is 0 Å². The van der Waals surface area contributed by atoms with Crippen molar-refractivity contribution in [1.82, 2.24) is 5.32 Å². The minimum Gasteiger partial charge on any atom is -0.465 e. The minimum absolute atomic E-state index is 0.158. The molecule has 0 saturated carbocycles. The fraction of sp³-hybridized carbons (Fsp3) is 0.500. The van der Waals surface area contributed by atoms with Crippen molar-refractivity contribution in [1.29, 1.82) is 0 Å². The van der Waals surface area contributed by atoms with Crippen LogP contribution in [0, 0.1) is 0 Å². The lowest BCUT2D eigenvalue weighted by Crippen LogP contribution is -2.52. The first-order valence-corrected chi connectivity index (χ1v) is 2.36. The van der Waals surface area contributed by atoms with E-state index in [1.54, 1.807) is 0 Å². The van der Waals surface area contributed by atoms with E-state index in [-0.39, 0.29) is 6.61 Å². The van der Waals surface area contributed by atoms with E-state index in [1.165, 1.54) is 0 Å². The number of cyclic esters (lactones) is 1. The Balaban J connectivity index is 2.29. The zero-order valence-electron chi connectivity index (χ0n) is 4.46. The van der Waals surface area contributed by atoms with Crippen LogP contribution in [0.3, 0.4) is 0 Å². The van der Waals surface area contributed by atoms with Crippen LogP contribution in [0.1, 0.15) is 0 Å². The summed E-state index contributed by atoms with van der Waals surface area (Å²) in [7, 11) is 0. The quantitative estimate of drug-likeness (QED) is 0.456. The maximum absolute atomic E-state index is 10.2. The highest BCUT2D eigenvalue weighted by Crippen LogP contribution is 2.01. The number of carbonyl (C=O) groups excluding carboxylic acids is 1. The SMILES string of the molecule is O=C(O)NC1COC1=O. The summed E-state index contributed by atoms with van der Waals surface area (Å²) in [5, 5.41) is 10.0. The molecule has 1 heterocycles. The summed E-state index contributed by atoms with van der Waals surface area (Å²) in [6.07, 6.45) is -1.20. The van der Waals surface area contributed by atoms with Crippen LogP contribution in [0.5, 0.6) is 0 Å². The second kappa shape index (κ2) is 1.93. The Morgan fingerprint density at radius 3 is 2.67 bits per heavy atom. The van der Waals surface area contributed by atoms with Gasteiger partial charge in [-0.15, -0.1) is 0 Å². The van der Waals surface area contributed by atoms with Gasteiger partial charge in [0.2, 0.25) is 0 Å². The number of carbonyl (C=O) groups is 2. The van der Waals surface area contributed by atoms with Gasteiger partial charge in [-0.3, -0.25) is 0 Å². The number of carboxylic acid groups (broad SMARTS) is 1. The average Bonchev–Trinajstić information content (AvgIpc) is 1.79. The third-order valence-electron chi connectivity index (χ3n) is 0.974. The highest BCUT2D eigenvalue weighted by molar-refractivity contribution is 5.84. The van der Waals surface area contributed by atoms with Gasteiger partial charge in [0.05, 0.1) is 0 Å². The molecule has 1 aliphatic heterocycles. The molecule has 2 N–H and O–H groups in total. The van der Waals surface area contributed by atoms with Crippen LogP contribution >= 0.6 is 0 Å². The second-order valence-electron chi connectivity index (χ2n) is 1.63. The van der Waals surface area contributed by atoms with Gasteiger partial charge in [0.15, 0.2) is 6.04 Å². The Morgan fingerprint density at radius 2 is 2.56 bits per heavy atom. The minimum atomic E-state index is -1.20. The second-order valence-corrected chi connectivity index (χ2v) is 1.63. The molecular formula is C4H5NO4. The van der Waals surface area contributed by atoms with Gasteiger partial charge in [0.25, 0.3) is 0 Å². The van der Waals surface area contributed by atoms with E-state index in [9.17, 15) is 9.59 Å². The van der Waals surface area contributed by atoms with Gasteiger partial charge >= 0.3 is 12.1 Å². The van der Waals surface area contributed by atoms with Gasteiger partial charge in [0.1, 0.15) is 6.61 Å². The molecule has 0 bridgehead atoms. The predicted octanol–water partition coefficient (Wildman–Crippen LogP) is -0.821. The first-order chi connectivity index (χ1) is 4.20. The van der Waals surface area contributed by atoms with Crippen molar-refractivity contribution in [3.63, 3.8) is 0 Å². The fourth-order valence-corrected chi connectivity index (χ4v) is 0.484. The molecule has 50 valence electrons. The number of hydrogen-bond acceptors (Lipinski definition) is 3. The van der Waals surface area contributed by atoms with Crippen LogP contribution < -0.4 is 5.32 Å². The average molecular weight is 131 g/mol. The molecule has 1 atom stereocenters. The molecule has 1 rings (SSSR count). The van der Waals surface area contributed by atoms with Gasteiger partial charge in [-0.05, 0) is 0 Å². The van der Waals surface area contributed by atoms with Crippen LogP contribution in [-0.2, 0) is 9.53 Å². The maximum atomic E-state index is 10.2. The summed E-state index contributed by atoms with van der Waals surface area (Å²) in [5.74, 6) is -0.502. The maximum Gasteiger partial charge on any atom is 0.405 e. The van der Waals surface area contributed by atoms with Gasteiger partial charge in [-0.1, -0.05) is 0 Å². The smallest absolute Gasteiger partial charge is 0.405 e. The highest BCUT2D eigenvalue weighted by atomic mass is 16.6. The van der Waals surface area contributed by atoms with Gasteiger partial charge < -0.3 is 15.2 Å². The molecule has 0 aliphatic carbocycles. The molecule has 5 nitrogen and oxygen atoms in total. The van der Waals surface area contributed by atoms with Crippen LogP contribution in [0.15, 0.2) is 0 Å². The molecule has 0 aromatic carbocycles. The molecule has 1 aliphatic rings. The van der Waals surface area contributed by atoms with Crippen molar-refractivity contribution in [3.05, 3.63) is 0 Å².